The largest absolute Gasteiger partial charge is 0.508 e. The van der Waals surface area contributed by atoms with Gasteiger partial charge in [0.05, 0.1) is 24.1 Å². The Hall–Kier alpha value is -2.20. The molecular weight excluding hydrogens is 166 g/mol. The van der Waals surface area contributed by atoms with Gasteiger partial charge in [0.25, 0.3) is 0 Å². The van der Waals surface area contributed by atoms with E-state index in [2.05, 4.69) is 0 Å². The fourth-order valence-electron chi connectivity index (χ4n) is 1.05. The van der Waals surface area contributed by atoms with Gasteiger partial charge in [-0.2, -0.15) is 10.5 Å². The minimum atomic E-state index is -0.0595. The molecule has 0 unspecified atom stereocenters. The lowest BCUT2D eigenvalue weighted by Gasteiger charge is -2.04. The molecule has 0 saturated heterocycles. The van der Waals surface area contributed by atoms with Crippen LogP contribution >= 0.6 is 0 Å². The molecule has 0 atom stereocenters. The standard InChI is InChI=1S/C9H7N3O/c10-2-1-8-6(5-11)3-7(13)4-9(8)12/h3-4,13H,1,12H2. The summed E-state index contributed by atoms with van der Waals surface area (Å²) in [7, 11) is 0. The van der Waals surface area contributed by atoms with Crippen molar-refractivity contribution in [2.24, 2.45) is 0 Å². The third-order valence-corrected chi connectivity index (χ3v) is 1.65. The normalized spacial score (nSPS) is 8.77. The van der Waals surface area contributed by atoms with Crippen LogP contribution in [0.25, 0.3) is 0 Å². The monoisotopic (exact) mass is 173 g/mol. The smallest absolute Gasteiger partial charge is 0.118 e. The molecule has 0 heterocycles. The zero-order valence-corrected chi connectivity index (χ0v) is 6.78. The van der Waals surface area contributed by atoms with E-state index in [-0.39, 0.29) is 23.4 Å². The van der Waals surface area contributed by atoms with Crippen LogP contribution in [0.15, 0.2) is 12.1 Å². The lowest BCUT2D eigenvalue weighted by Crippen LogP contribution is -1.96. The number of nitrogens with two attached hydrogens (primary N) is 1. The third kappa shape index (κ3) is 1.69. The van der Waals surface area contributed by atoms with E-state index in [1.54, 1.807) is 0 Å². The van der Waals surface area contributed by atoms with Crippen molar-refractivity contribution >= 4 is 5.69 Å². The predicted molar refractivity (Wildman–Crippen MR) is 46.6 cm³/mol. The van der Waals surface area contributed by atoms with Crippen LogP contribution < -0.4 is 5.73 Å². The van der Waals surface area contributed by atoms with Crippen LogP contribution in [-0.4, -0.2) is 5.11 Å². The van der Waals surface area contributed by atoms with E-state index in [9.17, 15) is 0 Å². The molecule has 0 aliphatic heterocycles. The lowest BCUT2D eigenvalue weighted by atomic mass is 10.0. The number of benzene rings is 1. The van der Waals surface area contributed by atoms with Gasteiger partial charge < -0.3 is 10.8 Å². The summed E-state index contributed by atoms with van der Waals surface area (Å²) in [5, 5.41) is 26.2. The van der Waals surface area contributed by atoms with Gasteiger partial charge in [0.15, 0.2) is 0 Å². The fourth-order valence-corrected chi connectivity index (χ4v) is 1.05. The second kappa shape index (κ2) is 3.46. The second-order valence-corrected chi connectivity index (χ2v) is 2.51. The van der Waals surface area contributed by atoms with E-state index in [1.165, 1.54) is 12.1 Å². The van der Waals surface area contributed by atoms with E-state index in [1.807, 2.05) is 12.1 Å². The Balaban J connectivity index is 3.34. The first-order chi connectivity index (χ1) is 6.19. The van der Waals surface area contributed by atoms with E-state index in [0.717, 1.165) is 0 Å². The van der Waals surface area contributed by atoms with Crippen LogP contribution in [-0.2, 0) is 6.42 Å². The molecule has 3 N–H and O–H groups in total. The van der Waals surface area contributed by atoms with Crippen molar-refractivity contribution in [3.63, 3.8) is 0 Å². The van der Waals surface area contributed by atoms with Crippen molar-refractivity contribution < 1.29 is 5.11 Å². The van der Waals surface area contributed by atoms with E-state index >= 15 is 0 Å². The lowest BCUT2D eigenvalue weighted by molar-refractivity contribution is 0.475. The van der Waals surface area contributed by atoms with Crippen LogP contribution in [0, 0.1) is 22.7 Å². The predicted octanol–water partition coefficient (Wildman–Crippen LogP) is 0.912. The van der Waals surface area contributed by atoms with Crippen molar-refractivity contribution in [2.75, 3.05) is 5.73 Å². The van der Waals surface area contributed by atoms with Crippen molar-refractivity contribution in [1.29, 1.82) is 10.5 Å². The molecule has 0 aliphatic rings. The van der Waals surface area contributed by atoms with Crippen LogP contribution in [0.4, 0.5) is 5.69 Å². The van der Waals surface area contributed by atoms with Gasteiger partial charge in [-0.05, 0) is 6.07 Å². The molecular formula is C9H7N3O. The van der Waals surface area contributed by atoms with Gasteiger partial charge in [0, 0.05) is 17.3 Å². The molecule has 4 nitrogen and oxygen atoms in total. The molecule has 13 heavy (non-hydrogen) atoms. The minimum Gasteiger partial charge on any atom is -0.508 e. The molecule has 64 valence electrons. The first-order valence-electron chi connectivity index (χ1n) is 3.57. The first kappa shape index (κ1) is 8.89. The summed E-state index contributed by atoms with van der Waals surface area (Å²) in [6, 6.07) is 6.40. The summed E-state index contributed by atoms with van der Waals surface area (Å²) >= 11 is 0. The van der Waals surface area contributed by atoms with Crippen molar-refractivity contribution in [3.05, 3.63) is 23.3 Å². The maximum atomic E-state index is 9.10. The van der Waals surface area contributed by atoms with Crippen molar-refractivity contribution in [1.82, 2.24) is 0 Å². The summed E-state index contributed by atoms with van der Waals surface area (Å²) in [5.74, 6) is -0.0595. The maximum Gasteiger partial charge on any atom is 0.118 e. The Morgan fingerprint density at radius 3 is 2.62 bits per heavy atom. The molecule has 0 aliphatic carbocycles. The minimum absolute atomic E-state index is 0.0595. The number of rotatable bonds is 1. The number of nitriles is 2. The number of nitrogens with zero attached hydrogens (tertiary/aromatic N) is 2. The molecule has 0 radical (unpaired) electrons. The summed E-state index contributed by atoms with van der Waals surface area (Å²) in [4.78, 5) is 0. The Morgan fingerprint density at radius 1 is 1.38 bits per heavy atom. The fraction of sp³-hybridized carbons (Fsp3) is 0.111. The quantitative estimate of drug-likeness (QED) is 0.617. The summed E-state index contributed by atoms with van der Waals surface area (Å²) < 4.78 is 0. The molecule has 4 heteroatoms. The number of hydrogen-bond donors (Lipinski definition) is 2. The van der Waals surface area contributed by atoms with Crippen molar-refractivity contribution in [2.45, 2.75) is 6.42 Å². The molecule has 1 aromatic carbocycles. The highest BCUT2D eigenvalue weighted by molar-refractivity contribution is 5.59. The zero-order valence-electron chi connectivity index (χ0n) is 6.78. The molecule has 0 aromatic heterocycles. The Morgan fingerprint density at radius 2 is 2.08 bits per heavy atom. The molecule has 0 saturated carbocycles. The summed E-state index contributed by atoms with van der Waals surface area (Å²) in [6.07, 6.45) is 0.0784. The highest BCUT2D eigenvalue weighted by Crippen LogP contribution is 2.23. The number of hydrogen-bond acceptors (Lipinski definition) is 4. The topological polar surface area (TPSA) is 93.8 Å². The highest BCUT2D eigenvalue weighted by Gasteiger charge is 2.07. The van der Waals surface area contributed by atoms with Gasteiger partial charge in [0.2, 0.25) is 0 Å². The number of phenolic OH excluding ortho intramolecular Hbond substituents is 1. The highest BCUT2D eigenvalue weighted by atomic mass is 16.3. The average molecular weight is 173 g/mol. The molecule has 0 amide bonds. The molecule has 1 aromatic rings. The average Bonchev–Trinajstić information content (AvgIpc) is 2.09. The van der Waals surface area contributed by atoms with Gasteiger partial charge in [-0.3, -0.25) is 0 Å². The number of phenols is 1. The van der Waals surface area contributed by atoms with E-state index in [4.69, 9.17) is 21.4 Å². The van der Waals surface area contributed by atoms with Gasteiger partial charge in [-0.25, -0.2) is 0 Å². The number of anilines is 1. The van der Waals surface area contributed by atoms with Gasteiger partial charge in [-0.15, -0.1) is 0 Å². The van der Waals surface area contributed by atoms with Crippen LogP contribution in [0.5, 0.6) is 5.75 Å². The van der Waals surface area contributed by atoms with E-state index < -0.39 is 0 Å². The Bertz CT molecular complexity index is 412. The maximum absolute atomic E-state index is 9.10. The summed E-state index contributed by atoms with van der Waals surface area (Å²) in [6.45, 7) is 0. The zero-order chi connectivity index (χ0) is 9.84. The van der Waals surface area contributed by atoms with Crippen LogP contribution in [0.2, 0.25) is 0 Å². The van der Waals surface area contributed by atoms with E-state index in [0.29, 0.717) is 5.56 Å². The number of nitrogen functional groups attached to an aromatic ring is 1. The van der Waals surface area contributed by atoms with Crippen molar-refractivity contribution in [3.8, 4) is 17.9 Å². The molecule has 0 fully saturated rings. The SMILES string of the molecule is N#CCc1c(N)cc(O)cc1C#N. The van der Waals surface area contributed by atoms with Gasteiger partial charge >= 0.3 is 0 Å². The second-order valence-electron chi connectivity index (χ2n) is 2.51. The molecule has 1 rings (SSSR count). The Kier molecular flexibility index (Phi) is 2.37. The van der Waals surface area contributed by atoms with Crippen LogP contribution in [0.1, 0.15) is 11.1 Å². The third-order valence-electron chi connectivity index (χ3n) is 1.65. The first-order valence-corrected chi connectivity index (χ1v) is 3.57. The van der Waals surface area contributed by atoms with Gasteiger partial charge in [0.1, 0.15) is 5.75 Å². The number of aromatic hydroxyl groups is 1. The van der Waals surface area contributed by atoms with Crippen LogP contribution in [0.3, 0.4) is 0 Å². The Labute approximate surface area is 75.4 Å². The molecule has 0 spiro atoms. The van der Waals surface area contributed by atoms with Gasteiger partial charge in [-0.1, -0.05) is 0 Å². The summed E-state index contributed by atoms with van der Waals surface area (Å²) in [5.41, 5.74) is 6.52. The molecule has 0 bridgehead atoms.